The van der Waals surface area contributed by atoms with Gasteiger partial charge in [0.2, 0.25) is 0 Å². The molecule has 1 saturated heterocycles. The van der Waals surface area contributed by atoms with E-state index in [0.717, 1.165) is 5.01 Å². The van der Waals surface area contributed by atoms with Crippen LogP contribution in [0.15, 0.2) is 48.5 Å². The highest BCUT2D eigenvalue weighted by Crippen LogP contribution is 2.29. The Hall–Kier alpha value is -3.47. The summed E-state index contributed by atoms with van der Waals surface area (Å²) in [5.41, 5.74) is 2.17. The zero-order valence-electron chi connectivity index (χ0n) is 16.6. The number of anilines is 1. The molecular formula is C20H20F2N4O4S. The van der Waals surface area contributed by atoms with Crippen LogP contribution in [0.4, 0.5) is 19.3 Å². The Morgan fingerprint density at radius 3 is 2.32 bits per heavy atom. The van der Waals surface area contributed by atoms with Crippen LogP contribution in [0.3, 0.4) is 0 Å². The average Bonchev–Trinajstić information content (AvgIpc) is 2.93. The van der Waals surface area contributed by atoms with Gasteiger partial charge in [-0.05, 0) is 68.0 Å². The van der Waals surface area contributed by atoms with Gasteiger partial charge in [-0.2, -0.15) is 13.8 Å². The van der Waals surface area contributed by atoms with Gasteiger partial charge in [-0.15, -0.1) is 0 Å². The second-order valence-corrected chi connectivity index (χ2v) is 7.03. The first-order valence-corrected chi connectivity index (χ1v) is 9.66. The molecule has 1 aliphatic rings. The number of hydrogen-bond acceptors (Lipinski definition) is 5. The smallest absolute Gasteiger partial charge is 0.387 e. The van der Waals surface area contributed by atoms with Gasteiger partial charge < -0.3 is 20.1 Å². The number of hydrogen-bond donors (Lipinski definition) is 3. The largest absolute Gasteiger partial charge is 0.494 e. The van der Waals surface area contributed by atoms with E-state index in [4.69, 9.17) is 17.0 Å². The number of hydrazine groups is 1. The molecule has 11 heteroatoms. The van der Waals surface area contributed by atoms with E-state index >= 15 is 0 Å². The minimum atomic E-state index is -2.96. The Labute approximate surface area is 182 Å². The fourth-order valence-corrected chi connectivity index (χ4v) is 3.18. The van der Waals surface area contributed by atoms with Gasteiger partial charge in [-0.1, -0.05) is 12.1 Å². The third-order valence-electron chi connectivity index (χ3n) is 4.48. The topological polar surface area (TPSA) is 91.9 Å². The monoisotopic (exact) mass is 450 g/mol. The number of rotatable bonds is 7. The maximum atomic E-state index is 12.9. The van der Waals surface area contributed by atoms with Crippen LogP contribution in [-0.4, -0.2) is 35.3 Å². The molecule has 0 saturated carbocycles. The maximum Gasteiger partial charge on any atom is 0.387 e. The molecule has 0 aromatic heterocycles. The number of thiocarbonyl (C=S) groups is 1. The van der Waals surface area contributed by atoms with Crippen molar-refractivity contribution in [2.45, 2.75) is 26.0 Å². The van der Waals surface area contributed by atoms with E-state index in [0.29, 0.717) is 23.6 Å². The SMILES string of the molecule is CCOc1ccc(NC(=S)NN2C(=O)N[C@@](C)(c3ccc(OC(F)F)cc3)C2=O)cc1. The van der Waals surface area contributed by atoms with Crippen LogP contribution in [0.1, 0.15) is 19.4 Å². The van der Waals surface area contributed by atoms with Crippen LogP contribution in [-0.2, 0) is 10.3 Å². The molecule has 3 amide bonds. The van der Waals surface area contributed by atoms with Crippen molar-refractivity contribution in [1.29, 1.82) is 0 Å². The summed E-state index contributed by atoms with van der Waals surface area (Å²) in [5.74, 6) is 0.0208. The molecule has 31 heavy (non-hydrogen) atoms. The van der Waals surface area contributed by atoms with E-state index in [9.17, 15) is 18.4 Å². The second-order valence-electron chi connectivity index (χ2n) is 6.62. The highest BCUT2D eigenvalue weighted by Gasteiger charge is 2.49. The first-order chi connectivity index (χ1) is 14.7. The minimum Gasteiger partial charge on any atom is -0.494 e. The molecule has 164 valence electrons. The van der Waals surface area contributed by atoms with Gasteiger partial charge in [0.15, 0.2) is 5.11 Å². The predicted octanol–water partition coefficient (Wildman–Crippen LogP) is 3.36. The zero-order chi connectivity index (χ0) is 22.6. The molecule has 3 N–H and O–H groups in total. The summed E-state index contributed by atoms with van der Waals surface area (Å²) in [4.78, 5) is 25.3. The molecular weight excluding hydrogens is 430 g/mol. The number of nitrogens with zero attached hydrogens (tertiary/aromatic N) is 1. The second kappa shape index (κ2) is 9.13. The van der Waals surface area contributed by atoms with Gasteiger partial charge in [-0.3, -0.25) is 10.2 Å². The minimum absolute atomic E-state index is 0.0255. The van der Waals surface area contributed by atoms with Crippen molar-refractivity contribution in [2.24, 2.45) is 0 Å². The lowest BCUT2D eigenvalue weighted by molar-refractivity contribution is -0.132. The summed E-state index contributed by atoms with van der Waals surface area (Å²) in [5, 5.41) is 6.24. The summed E-state index contributed by atoms with van der Waals surface area (Å²) in [6.45, 7) is 0.959. The van der Waals surface area contributed by atoms with Crippen LogP contribution in [0, 0.1) is 0 Å². The lowest BCUT2D eigenvalue weighted by Gasteiger charge is -2.23. The molecule has 1 fully saturated rings. The highest BCUT2D eigenvalue weighted by molar-refractivity contribution is 7.80. The number of carbonyl (C=O) groups excluding carboxylic acids is 2. The van der Waals surface area contributed by atoms with Crippen molar-refractivity contribution in [3.63, 3.8) is 0 Å². The summed E-state index contributed by atoms with van der Waals surface area (Å²) >= 11 is 5.20. The molecule has 8 nitrogen and oxygen atoms in total. The normalized spacial score (nSPS) is 18.0. The van der Waals surface area contributed by atoms with Crippen molar-refractivity contribution >= 4 is 35.0 Å². The van der Waals surface area contributed by atoms with Crippen molar-refractivity contribution in [1.82, 2.24) is 15.8 Å². The molecule has 0 unspecified atom stereocenters. The van der Waals surface area contributed by atoms with Crippen LogP contribution < -0.4 is 25.5 Å². The van der Waals surface area contributed by atoms with Gasteiger partial charge in [-0.25, -0.2) is 4.79 Å². The standard InChI is InChI=1S/C20H20F2N4O4S/c1-3-29-14-10-6-13(7-11-14)23-18(31)25-26-16(27)20(2,24-19(26)28)12-4-8-15(9-5-12)30-17(21)22/h4-11,17H,3H2,1-2H3,(H,24,28)(H2,23,25,31)/t20-/m0/s1. The fourth-order valence-electron chi connectivity index (χ4n) is 2.97. The lowest BCUT2D eigenvalue weighted by atomic mass is 9.92. The number of halogens is 2. The molecule has 1 aliphatic heterocycles. The highest BCUT2D eigenvalue weighted by atomic mass is 32.1. The van der Waals surface area contributed by atoms with E-state index in [1.54, 1.807) is 24.3 Å². The molecule has 0 aliphatic carbocycles. The molecule has 2 aromatic rings. The average molecular weight is 450 g/mol. The van der Waals surface area contributed by atoms with Crippen LogP contribution >= 0.6 is 12.2 Å². The number of carbonyl (C=O) groups is 2. The van der Waals surface area contributed by atoms with E-state index in [2.05, 4.69) is 20.8 Å². The van der Waals surface area contributed by atoms with Gasteiger partial charge in [0.25, 0.3) is 5.91 Å². The number of benzene rings is 2. The van der Waals surface area contributed by atoms with E-state index in [-0.39, 0.29) is 10.9 Å². The van der Waals surface area contributed by atoms with Gasteiger partial charge in [0.05, 0.1) is 6.61 Å². The Kier molecular flexibility index (Phi) is 6.54. The van der Waals surface area contributed by atoms with Gasteiger partial charge in [0, 0.05) is 5.69 Å². The first kappa shape index (κ1) is 22.2. The molecule has 3 rings (SSSR count). The summed E-state index contributed by atoms with van der Waals surface area (Å²) in [6, 6.07) is 11.7. The van der Waals surface area contributed by atoms with E-state index in [1.807, 2.05) is 6.92 Å². The Balaban J connectivity index is 1.67. The van der Waals surface area contributed by atoms with Gasteiger partial charge >= 0.3 is 12.6 Å². The van der Waals surface area contributed by atoms with Crippen molar-refractivity contribution in [3.05, 3.63) is 54.1 Å². The molecule has 0 bridgehead atoms. The molecule has 0 spiro atoms. The quantitative estimate of drug-likeness (QED) is 0.440. The van der Waals surface area contributed by atoms with Crippen molar-refractivity contribution < 1.29 is 27.8 Å². The van der Waals surface area contributed by atoms with Crippen LogP contribution in [0.2, 0.25) is 0 Å². The van der Waals surface area contributed by atoms with Crippen LogP contribution in [0.25, 0.3) is 0 Å². The summed E-state index contributed by atoms with van der Waals surface area (Å²) in [6.07, 6.45) is 0. The molecule has 1 atom stereocenters. The Morgan fingerprint density at radius 1 is 1.13 bits per heavy atom. The fraction of sp³-hybridized carbons (Fsp3) is 0.250. The number of urea groups is 1. The third kappa shape index (κ3) is 5.00. The molecule has 2 aromatic carbocycles. The zero-order valence-corrected chi connectivity index (χ0v) is 17.5. The molecule has 0 radical (unpaired) electrons. The maximum absolute atomic E-state index is 12.9. The molecule has 1 heterocycles. The van der Waals surface area contributed by atoms with E-state index < -0.39 is 24.1 Å². The predicted molar refractivity (Wildman–Crippen MR) is 113 cm³/mol. The lowest BCUT2D eigenvalue weighted by Crippen LogP contribution is -2.49. The van der Waals surface area contributed by atoms with Crippen molar-refractivity contribution in [2.75, 3.05) is 11.9 Å². The number of ether oxygens (including phenoxy) is 2. The Bertz CT molecular complexity index is 972. The summed E-state index contributed by atoms with van der Waals surface area (Å²) < 4.78 is 34.3. The van der Waals surface area contributed by atoms with Gasteiger partial charge in [0.1, 0.15) is 17.0 Å². The van der Waals surface area contributed by atoms with E-state index in [1.165, 1.54) is 31.2 Å². The number of nitrogens with one attached hydrogen (secondary N) is 3. The van der Waals surface area contributed by atoms with Crippen LogP contribution in [0.5, 0.6) is 11.5 Å². The number of amides is 3. The first-order valence-electron chi connectivity index (χ1n) is 9.25. The third-order valence-corrected chi connectivity index (χ3v) is 4.68. The number of alkyl halides is 2. The summed E-state index contributed by atoms with van der Waals surface area (Å²) in [7, 11) is 0. The Morgan fingerprint density at radius 2 is 1.74 bits per heavy atom. The number of imide groups is 1. The van der Waals surface area contributed by atoms with Crippen molar-refractivity contribution in [3.8, 4) is 11.5 Å².